The number of hydrogen-bond donors (Lipinski definition) is 0. The average molecular weight is 463 g/mol. The minimum absolute atomic E-state index is 0.150. The van der Waals surface area contributed by atoms with Crippen molar-refractivity contribution in [2.75, 3.05) is 0 Å². The van der Waals surface area contributed by atoms with Crippen molar-refractivity contribution in [2.24, 2.45) is 5.10 Å². The highest BCUT2D eigenvalue weighted by Gasteiger charge is 2.15. The first-order valence-electron chi connectivity index (χ1n) is 11.3. The van der Waals surface area contributed by atoms with Crippen molar-refractivity contribution in [1.29, 1.82) is 0 Å². The van der Waals surface area contributed by atoms with E-state index in [4.69, 9.17) is 0 Å². The second kappa shape index (κ2) is 8.08. The van der Waals surface area contributed by atoms with Crippen LogP contribution in [0.3, 0.4) is 0 Å². The second-order valence-corrected chi connectivity index (χ2v) is 9.11. The van der Waals surface area contributed by atoms with Crippen LogP contribution in [0.2, 0.25) is 0 Å². The van der Waals surface area contributed by atoms with Crippen LogP contribution in [0.1, 0.15) is 18.3 Å². The van der Waals surface area contributed by atoms with Gasteiger partial charge in [-0.1, -0.05) is 54.6 Å². The van der Waals surface area contributed by atoms with Gasteiger partial charge >= 0.3 is 0 Å². The summed E-state index contributed by atoms with van der Waals surface area (Å²) in [6, 6.07) is 24.7. The molecule has 5 nitrogen and oxygen atoms in total. The molecule has 3 aromatic carbocycles. The molecule has 0 bridgehead atoms. The van der Waals surface area contributed by atoms with Crippen LogP contribution in [-0.2, 0) is 6.54 Å². The zero-order valence-electron chi connectivity index (χ0n) is 18.9. The summed E-state index contributed by atoms with van der Waals surface area (Å²) in [6.07, 6.45) is 1.74. The van der Waals surface area contributed by atoms with Crippen molar-refractivity contribution >= 4 is 49.6 Å². The minimum Gasteiger partial charge on any atom is -0.341 e. The molecule has 0 radical (unpaired) electrons. The summed E-state index contributed by atoms with van der Waals surface area (Å²) < 4.78 is 3.72. The molecule has 6 rings (SSSR count). The van der Waals surface area contributed by atoms with Gasteiger partial charge in [-0.05, 0) is 43.2 Å². The topological polar surface area (TPSA) is 52.2 Å². The van der Waals surface area contributed by atoms with Crippen LogP contribution in [0.5, 0.6) is 0 Å². The first-order valence-corrected chi connectivity index (χ1v) is 12.2. The van der Waals surface area contributed by atoms with Crippen LogP contribution in [0.25, 0.3) is 43.1 Å². The van der Waals surface area contributed by atoms with Gasteiger partial charge in [0.25, 0.3) is 5.56 Å². The van der Waals surface area contributed by atoms with E-state index in [1.165, 1.54) is 37.8 Å². The first kappa shape index (κ1) is 20.6. The standard InChI is InChI=1S/C28H22N4OS/c1-3-31-24-12-8-7-11-21(24)22-15-19(13-14-25(22)31)16-29-32-18(2)30-27-26(28(32)33)23(17-34-27)20-9-5-4-6-10-20/h4-17H,3H2,1-2H3/b29-16-. The molecule has 6 aromatic rings. The highest BCUT2D eigenvalue weighted by atomic mass is 32.1. The van der Waals surface area contributed by atoms with Crippen molar-refractivity contribution in [2.45, 2.75) is 20.4 Å². The highest BCUT2D eigenvalue weighted by molar-refractivity contribution is 7.17. The maximum Gasteiger partial charge on any atom is 0.283 e. The van der Waals surface area contributed by atoms with Gasteiger partial charge in [0.1, 0.15) is 10.7 Å². The molecule has 0 aliphatic carbocycles. The van der Waals surface area contributed by atoms with Crippen molar-refractivity contribution in [1.82, 2.24) is 14.2 Å². The molecular formula is C28H22N4OS. The van der Waals surface area contributed by atoms with E-state index in [1.807, 2.05) is 48.7 Å². The molecule has 3 aromatic heterocycles. The molecule has 3 heterocycles. The van der Waals surface area contributed by atoms with Gasteiger partial charge in [0.15, 0.2) is 0 Å². The predicted octanol–water partition coefficient (Wildman–Crippen LogP) is 6.44. The molecule has 0 fully saturated rings. The van der Waals surface area contributed by atoms with Gasteiger partial charge in [-0.25, -0.2) is 4.98 Å². The fraction of sp³-hybridized carbons (Fsp3) is 0.107. The van der Waals surface area contributed by atoms with Crippen molar-refractivity contribution in [3.63, 3.8) is 0 Å². The lowest BCUT2D eigenvalue weighted by molar-refractivity contribution is 0.772. The van der Waals surface area contributed by atoms with Crippen LogP contribution >= 0.6 is 11.3 Å². The lowest BCUT2D eigenvalue weighted by atomic mass is 10.1. The second-order valence-electron chi connectivity index (χ2n) is 8.25. The van der Waals surface area contributed by atoms with E-state index in [-0.39, 0.29) is 5.56 Å². The third kappa shape index (κ3) is 3.18. The third-order valence-electron chi connectivity index (χ3n) is 6.27. The van der Waals surface area contributed by atoms with E-state index in [0.29, 0.717) is 11.2 Å². The van der Waals surface area contributed by atoms with E-state index >= 15 is 0 Å². The molecule has 0 unspecified atom stereocenters. The number of para-hydroxylation sites is 1. The van der Waals surface area contributed by atoms with Crippen LogP contribution < -0.4 is 5.56 Å². The fourth-order valence-electron chi connectivity index (χ4n) is 4.67. The van der Waals surface area contributed by atoms with Crippen molar-refractivity contribution in [3.8, 4) is 11.1 Å². The lowest BCUT2D eigenvalue weighted by Gasteiger charge is -2.05. The molecule has 0 aliphatic rings. The normalized spacial score (nSPS) is 11.9. The molecule has 6 heteroatoms. The minimum atomic E-state index is -0.150. The zero-order chi connectivity index (χ0) is 23.2. The molecule has 0 N–H and O–H groups in total. The number of fused-ring (bicyclic) bond motifs is 4. The summed E-state index contributed by atoms with van der Waals surface area (Å²) >= 11 is 1.49. The Morgan fingerprint density at radius 1 is 0.971 bits per heavy atom. The number of aromatic nitrogens is 3. The Morgan fingerprint density at radius 3 is 2.56 bits per heavy atom. The Bertz CT molecular complexity index is 1770. The Hall–Kier alpha value is -4.03. The van der Waals surface area contributed by atoms with Crippen molar-refractivity contribution in [3.05, 3.63) is 99.9 Å². The van der Waals surface area contributed by atoms with Crippen LogP contribution in [-0.4, -0.2) is 20.4 Å². The van der Waals surface area contributed by atoms with E-state index in [1.54, 1.807) is 6.21 Å². The monoisotopic (exact) mass is 462 g/mol. The SMILES string of the molecule is CCn1c2ccccc2c2cc(/C=N\n3c(C)nc4scc(-c5ccccc5)c4c3=O)ccc21. The number of benzene rings is 3. The van der Waals surface area contributed by atoms with E-state index in [2.05, 4.69) is 58.0 Å². The van der Waals surface area contributed by atoms with Crippen LogP contribution in [0.15, 0.2) is 88.1 Å². The number of rotatable bonds is 4. The molecule has 0 atom stereocenters. The van der Waals surface area contributed by atoms with Crippen molar-refractivity contribution < 1.29 is 0 Å². The largest absolute Gasteiger partial charge is 0.341 e. The molecule has 0 saturated heterocycles. The molecular weight excluding hydrogens is 440 g/mol. The summed E-state index contributed by atoms with van der Waals surface area (Å²) in [5, 5.41) is 9.58. The molecule has 166 valence electrons. The lowest BCUT2D eigenvalue weighted by Crippen LogP contribution is -2.20. The van der Waals surface area contributed by atoms with Gasteiger partial charge in [0.2, 0.25) is 0 Å². The van der Waals surface area contributed by atoms with Crippen LogP contribution in [0.4, 0.5) is 0 Å². The summed E-state index contributed by atoms with van der Waals surface area (Å²) in [6.45, 7) is 4.88. The van der Waals surface area contributed by atoms with Gasteiger partial charge in [0.05, 0.1) is 11.6 Å². The molecule has 0 saturated carbocycles. The Morgan fingerprint density at radius 2 is 1.74 bits per heavy atom. The number of thiophene rings is 1. The number of aryl methyl sites for hydroxylation is 2. The van der Waals surface area contributed by atoms with Gasteiger partial charge in [-0.15, -0.1) is 11.3 Å². The Kier molecular flexibility index (Phi) is 4.89. The Balaban J connectivity index is 1.47. The first-order chi connectivity index (χ1) is 16.7. The predicted molar refractivity (Wildman–Crippen MR) is 142 cm³/mol. The Labute approximate surface area is 200 Å². The van der Waals surface area contributed by atoms with E-state index in [0.717, 1.165) is 28.1 Å². The smallest absolute Gasteiger partial charge is 0.283 e. The zero-order valence-corrected chi connectivity index (χ0v) is 19.7. The van der Waals surface area contributed by atoms with Gasteiger partial charge in [-0.2, -0.15) is 9.78 Å². The molecule has 34 heavy (non-hydrogen) atoms. The van der Waals surface area contributed by atoms with E-state index in [9.17, 15) is 4.79 Å². The van der Waals surface area contributed by atoms with Gasteiger partial charge < -0.3 is 4.57 Å². The highest BCUT2D eigenvalue weighted by Crippen LogP contribution is 2.31. The third-order valence-corrected chi connectivity index (χ3v) is 7.14. The molecule has 0 aliphatic heterocycles. The summed E-state index contributed by atoms with van der Waals surface area (Å²) in [7, 11) is 0. The molecule has 0 spiro atoms. The number of nitrogens with zero attached hydrogens (tertiary/aromatic N) is 4. The maximum atomic E-state index is 13.5. The fourth-order valence-corrected chi connectivity index (χ4v) is 5.65. The quantitative estimate of drug-likeness (QED) is 0.283. The summed E-state index contributed by atoms with van der Waals surface area (Å²) in [4.78, 5) is 18.9. The number of hydrogen-bond acceptors (Lipinski definition) is 4. The maximum absolute atomic E-state index is 13.5. The van der Waals surface area contributed by atoms with Gasteiger partial charge in [-0.3, -0.25) is 4.79 Å². The molecule has 0 amide bonds. The average Bonchev–Trinajstić information content (AvgIpc) is 3.43. The van der Waals surface area contributed by atoms with E-state index < -0.39 is 0 Å². The van der Waals surface area contributed by atoms with Gasteiger partial charge in [0, 0.05) is 39.3 Å². The van der Waals surface area contributed by atoms with Crippen LogP contribution in [0, 0.1) is 6.92 Å². The summed E-state index contributed by atoms with van der Waals surface area (Å²) in [5.74, 6) is 0.568. The summed E-state index contributed by atoms with van der Waals surface area (Å²) in [5.41, 5.74) is 5.11.